The van der Waals surface area contributed by atoms with Crippen LogP contribution in [0.1, 0.15) is 13.3 Å². The van der Waals surface area contributed by atoms with Crippen LogP contribution in [0.4, 0.5) is 0 Å². The summed E-state index contributed by atoms with van der Waals surface area (Å²) >= 11 is 0. The lowest BCUT2D eigenvalue weighted by molar-refractivity contribution is 0.909. The van der Waals surface area contributed by atoms with Crippen molar-refractivity contribution in [2.45, 2.75) is 13.3 Å². The molecule has 12 heavy (non-hydrogen) atoms. The fourth-order valence-corrected chi connectivity index (χ4v) is 1.36. The molecule has 0 aromatic carbocycles. The van der Waals surface area contributed by atoms with Gasteiger partial charge in [-0.3, -0.25) is 0 Å². The predicted octanol–water partition coefficient (Wildman–Crippen LogP) is 1.77. The van der Waals surface area contributed by atoms with Gasteiger partial charge in [-0.25, -0.2) is 0 Å². The van der Waals surface area contributed by atoms with E-state index in [-0.39, 0.29) is 0 Å². The quantitative estimate of drug-likeness (QED) is 0.564. The molecule has 2 heteroatoms. The Bertz CT molecular complexity index is 306. The Kier molecular flexibility index (Phi) is 1.74. The molecular formula is C10H12N2. The first kappa shape index (κ1) is 7.22. The van der Waals surface area contributed by atoms with Gasteiger partial charge in [0, 0.05) is 12.4 Å². The van der Waals surface area contributed by atoms with Crippen LogP contribution in [0.3, 0.4) is 0 Å². The maximum absolute atomic E-state index is 3.20. The molecule has 0 fully saturated rings. The van der Waals surface area contributed by atoms with Gasteiger partial charge in [-0.2, -0.15) is 0 Å². The van der Waals surface area contributed by atoms with Crippen LogP contribution in [-0.4, -0.2) is 0 Å². The van der Waals surface area contributed by atoms with Gasteiger partial charge in [0.15, 0.2) is 0 Å². The summed E-state index contributed by atoms with van der Waals surface area (Å²) in [6.07, 6.45) is 11.4. The first-order chi connectivity index (χ1) is 5.86. The van der Waals surface area contributed by atoms with Crippen LogP contribution in [0.25, 0.3) is 0 Å². The molecule has 0 saturated heterocycles. The highest BCUT2D eigenvalue weighted by Gasteiger charge is 2.07. The lowest BCUT2D eigenvalue weighted by Gasteiger charge is -2.15. The van der Waals surface area contributed by atoms with Crippen molar-refractivity contribution in [3.8, 4) is 0 Å². The van der Waals surface area contributed by atoms with Crippen molar-refractivity contribution < 1.29 is 0 Å². The molecule has 0 spiro atoms. The van der Waals surface area contributed by atoms with E-state index < -0.39 is 0 Å². The average molecular weight is 160 g/mol. The third-order valence-electron chi connectivity index (χ3n) is 1.98. The number of allylic oxidation sites excluding steroid dienone is 4. The minimum absolute atomic E-state index is 1.00. The zero-order chi connectivity index (χ0) is 8.39. The largest absolute Gasteiger partial charge is 0.359 e. The van der Waals surface area contributed by atoms with E-state index in [1.165, 1.54) is 11.3 Å². The number of fused-ring (bicyclic) bond motifs is 1. The van der Waals surface area contributed by atoms with Gasteiger partial charge >= 0.3 is 0 Å². The molecule has 2 aliphatic rings. The highest BCUT2D eigenvalue weighted by molar-refractivity contribution is 5.40. The Morgan fingerprint density at radius 1 is 1.08 bits per heavy atom. The molecule has 0 amide bonds. The highest BCUT2D eigenvalue weighted by Crippen LogP contribution is 2.15. The lowest BCUT2D eigenvalue weighted by atomic mass is 10.2. The average Bonchev–Trinajstić information content (AvgIpc) is 2.25. The summed E-state index contributed by atoms with van der Waals surface area (Å²) in [6, 6.07) is 0. The fourth-order valence-electron chi connectivity index (χ4n) is 1.36. The lowest BCUT2D eigenvalue weighted by Crippen LogP contribution is -2.21. The molecule has 0 unspecified atom stereocenters. The molecule has 0 aromatic heterocycles. The van der Waals surface area contributed by atoms with Crippen LogP contribution in [0, 0.1) is 0 Å². The third kappa shape index (κ3) is 1.28. The SMILES string of the molecule is CC1=CCC=C2NC=CNC2=C1. The Balaban J connectivity index is 2.36. The van der Waals surface area contributed by atoms with Gasteiger partial charge < -0.3 is 10.6 Å². The second-order valence-electron chi connectivity index (χ2n) is 2.98. The zero-order valence-corrected chi connectivity index (χ0v) is 7.09. The predicted molar refractivity (Wildman–Crippen MR) is 50.0 cm³/mol. The summed E-state index contributed by atoms with van der Waals surface area (Å²) in [7, 11) is 0. The van der Waals surface area contributed by atoms with Crippen LogP contribution in [0.15, 0.2) is 47.6 Å². The van der Waals surface area contributed by atoms with Gasteiger partial charge in [0.05, 0.1) is 11.4 Å². The highest BCUT2D eigenvalue weighted by atomic mass is 15.0. The maximum atomic E-state index is 3.20. The van der Waals surface area contributed by atoms with Crippen LogP contribution in [-0.2, 0) is 0 Å². The molecule has 0 saturated carbocycles. The number of hydrogen-bond donors (Lipinski definition) is 2. The van der Waals surface area contributed by atoms with Gasteiger partial charge in [-0.1, -0.05) is 17.7 Å². The van der Waals surface area contributed by atoms with Crippen LogP contribution in [0.2, 0.25) is 0 Å². The normalized spacial score (nSPS) is 20.6. The first-order valence-electron chi connectivity index (χ1n) is 4.13. The summed E-state index contributed by atoms with van der Waals surface area (Å²) in [4.78, 5) is 0. The third-order valence-corrected chi connectivity index (χ3v) is 1.98. The molecule has 0 bridgehead atoms. The summed E-state index contributed by atoms with van der Waals surface area (Å²) in [5, 5.41) is 6.40. The van der Waals surface area contributed by atoms with E-state index in [0.29, 0.717) is 0 Å². The molecular weight excluding hydrogens is 148 g/mol. The van der Waals surface area contributed by atoms with Crippen molar-refractivity contribution in [3.05, 3.63) is 47.6 Å². The molecule has 0 aromatic rings. The fraction of sp³-hybridized carbons (Fsp3) is 0.200. The Labute approximate surface area is 72.4 Å². The van der Waals surface area contributed by atoms with E-state index in [9.17, 15) is 0 Å². The molecule has 2 N–H and O–H groups in total. The molecule has 1 aliphatic heterocycles. The van der Waals surface area contributed by atoms with Gasteiger partial charge in [-0.15, -0.1) is 0 Å². The van der Waals surface area contributed by atoms with Crippen molar-refractivity contribution in [2.24, 2.45) is 0 Å². The molecule has 62 valence electrons. The van der Waals surface area contributed by atoms with Gasteiger partial charge in [0.2, 0.25) is 0 Å². The van der Waals surface area contributed by atoms with Crippen molar-refractivity contribution in [1.29, 1.82) is 0 Å². The number of rotatable bonds is 0. The standard InChI is InChI=1S/C10H12N2/c1-8-3-2-4-9-10(7-8)12-6-5-11-9/h3-7,11-12H,2H2,1H3. The summed E-state index contributed by atoms with van der Waals surface area (Å²) < 4.78 is 0. The Morgan fingerprint density at radius 3 is 2.67 bits per heavy atom. The van der Waals surface area contributed by atoms with Gasteiger partial charge in [-0.05, 0) is 19.4 Å². The first-order valence-corrected chi connectivity index (χ1v) is 4.13. The maximum Gasteiger partial charge on any atom is 0.0618 e. The Morgan fingerprint density at radius 2 is 1.83 bits per heavy atom. The van der Waals surface area contributed by atoms with Crippen molar-refractivity contribution in [3.63, 3.8) is 0 Å². The molecule has 2 rings (SSSR count). The van der Waals surface area contributed by atoms with Crippen LogP contribution < -0.4 is 10.6 Å². The summed E-state index contributed by atoms with van der Waals surface area (Å²) in [5.41, 5.74) is 3.63. The summed E-state index contributed by atoms with van der Waals surface area (Å²) in [5.74, 6) is 0. The summed E-state index contributed by atoms with van der Waals surface area (Å²) in [6.45, 7) is 2.11. The van der Waals surface area contributed by atoms with E-state index in [0.717, 1.165) is 12.1 Å². The number of nitrogens with one attached hydrogen (secondary N) is 2. The molecule has 1 aliphatic carbocycles. The molecule has 1 heterocycles. The minimum Gasteiger partial charge on any atom is -0.359 e. The monoisotopic (exact) mass is 160 g/mol. The Hall–Kier alpha value is -1.44. The van der Waals surface area contributed by atoms with E-state index in [4.69, 9.17) is 0 Å². The van der Waals surface area contributed by atoms with Gasteiger partial charge in [0.25, 0.3) is 0 Å². The number of hydrogen-bond acceptors (Lipinski definition) is 2. The van der Waals surface area contributed by atoms with Crippen LogP contribution >= 0.6 is 0 Å². The topological polar surface area (TPSA) is 24.1 Å². The molecule has 0 radical (unpaired) electrons. The minimum atomic E-state index is 1.00. The molecule has 2 nitrogen and oxygen atoms in total. The zero-order valence-electron chi connectivity index (χ0n) is 7.09. The van der Waals surface area contributed by atoms with E-state index in [1.54, 1.807) is 0 Å². The van der Waals surface area contributed by atoms with E-state index >= 15 is 0 Å². The van der Waals surface area contributed by atoms with Crippen molar-refractivity contribution >= 4 is 0 Å². The van der Waals surface area contributed by atoms with E-state index in [2.05, 4.69) is 35.8 Å². The van der Waals surface area contributed by atoms with Crippen molar-refractivity contribution in [1.82, 2.24) is 10.6 Å². The second kappa shape index (κ2) is 2.89. The van der Waals surface area contributed by atoms with Crippen molar-refractivity contribution in [2.75, 3.05) is 0 Å². The second-order valence-corrected chi connectivity index (χ2v) is 2.98. The van der Waals surface area contributed by atoms with E-state index in [1.807, 2.05) is 12.4 Å². The van der Waals surface area contributed by atoms with Crippen LogP contribution in [0.5, 0.6) is 0 Å². The van der Waals surface area contributed by atoms with Gasteiger partial charge in [0.1, 0.15) is 0 Å². The molecule has 0 atom stereocenters. The smallest absolute Gasteiger partial charge is 0.0618 e.